The van der Waals surface area contributed by atoms with Crippen LogP contribution in [0.25, 0.3) is 0 Å². The first-order valence-electron chi connectivity index (χ1n) is 9.43. The molecule has 0 aromatic heterocycles. The topological polar surface area (TPSA) is 48.1 Å². The fourth-order valence-electron chi connectivity index (χ4n) is 5.05. The lowest BCUT2D eigenvalue weighted by atomic mass is 9.86. The molecular formula is C20H30O4. The number of rotatable bonds is 0. The van der Waals surface area contributed by atoms with Gasteiger partial charge in [0.25, 0.3) is 0 Å². The minimum atomic E-state index is -0.422. The van der Waals surface area contributed by atoms with Gasteiger partial charge in [0.05, 0.1) is 11.7 Å². The molecule has 0 aliphatic carbocycles. The van der Waals surface area contributed by atoms with Crippen LogP contribution < -0.4 is 0 Å². The number of hydrogen-bond acceptors (Lipinski definition) is 4. The number of carbonyl (C=O) groups excluding carboxylic acids is 1. The predicted octanol–water partition coefficient (Wildman–Crippen LogP) is 3.92. The molecule has 3 bridgehead atoms. The van der Waals surface area contributed by atoms with E-state index in [2.05, 4.69) is 20.8 Å². The van der Waals surface area contributed by atoms with Crippen molar-refractivity contribution in [2.24, 2.45) is 5.92 Å². The molecule has 0 saturated carbocycles. The second kappa shape index (κ2) is 5.15. The lowest BCUT2D eigenvalue weighted by molar-refractivity contribution is -0.255. The molecule has 0 unspecified atom stereocenters. The van der Waals surface area contributed by atoms with Gasteiger partial charge < -0.3 is 14.2 Å². The first kappa shape index (κ1) is 16.7. The summed E-state index contributed by atoms with van der Waals surface area (Å²) < 4.78 is 18.9. The van der Waals surface area contributed by atoms with Crippen LogP contribution in [0.15, 0.2) is 11.1 Å². The Kier molecular flexibility index (Phi) is 3.59. The molecule has 134 valence electrons. The van der Waals surface area contributed by atoms with E-state index >= 15 is 0 Å². The quantitative estimate of drug-likeness (QED) is 0.497. The Morgan fingerprint density at radius 1 is 1.12 bits per heavy atom. The molecule has 24 heavy (non-hydrogen) atoms. The van der Waals surface area contributed by atoms with Gasteiger partial charge in [0.15, 0.2) is 11.6 Å². The third-order valence-electron chi connectivity index (χ3n) is 6.72. The van der Waals surface area contributed by atoms with Crippen molar-refractivity contribution in [1.29, 1.82) is 0 Å². The number of Topliss-reactive ketones (excluding diaryl/α,β-unsaturated/α-hetero) is 1. The van der Waals surface area contributed by atoms with E-state index < -0.39 is 5.79 Å². The normalized spacial score (nSPS) is 51.0. The van der Waals surface area contributed by atoms with E-state index in [0.717, 1.165) is 49.7 Å². The maximum Gasteiger partial charge on any atom is 0.190 e. The minimum absolute atomic E-state index is 0.125. The van der Waals surface area contributed by atoms with Gasteiger partial charge >= 0.3 is 0 Å². The van der Waals surface area contributed by atoms with E-state index in [0.29, 0.717) is 5.92 Å². The van der Waals surface area contributed by atoms with Gasteiger partial charge in [0.1, 0.15) is 11.7 Å². The summed E-state index contributed by atoms with van der Waals surface area (Å²) in [4.78, 5) is 13.0. The van der Waals surface area contributed by atoms with E-state index in [1.165, 1.54) is 0 Å². The monoisotopic (exact) mass is 334 g/mol. The third kappa shape index (κ3) is 2.49. The number of ketones is 1. The molecular weight excluding hydrogens is 304 g/mol. The van der Waals surface area contributed by atoms with Crippen LogP contribution in [-0.4, -0.2) is 35.0 Å². The second-order valence-electron chi connectivity index (χ2n) is 9.10. The number of fused-ring (bicyclic) bond motifs is 3. The number of carbonyl (C=O) groups is 1. The summed E-state index contributed by atoms with van der Waals surface area (Å²) in [7, 11) is 0. The zero-order chi connectivity index (χ0) is 17.3. The summed E-state index contributed by atoms with van der Waals surface area (Å²) in [6.07, 6.45) is 5.21. The van der Waals surface area contributed by atoms with E-state index in [4.69, 9.17) is 14.2 Å². The lowest BCUT2D eigenvalue weighted by Crippen LogP contribution is -2.39. The fraction of sp³-hybridized carbons (Fsp3) is 0.850. The summed E-state index contributed by atoms with van der Waals surface area (Å²) >= 11 is 0. The zero-order valence-electron chi connectivity index (χ0n) is 15.6. The van der Waals surface area contributed by atoms with Crippen LogP contribution in [0.1, 0.15) is 73.1 Å². The largest absolute Gasteiger partial charge is 0.358 e. The van der Waals surface area contributed by atoms with Gasteiger partial charge in [-0.3, -0.25) is 4.79 Å². The molecule has 4 saturated heterocycles. The fourth-order valence-corrected chi connectivity index (χ4v) is 5.05. The molecule has 0 aromatic carbocycles. The molecule has 4 heteroatoms. The van der Waals surface area contributed by atoms with Gasteiger partial charge in [-0.15, -0.1) is 0 Å². The second-order valence-corrected chi connectivity index (χ2v) is 9.10. The van der Waals surface area contributed by atoms with Crippen molar-refractivity contribution in [3.05, 3.63) is 11.1 Å². The van der Waals surface area contributed by atoms with E-state index in [-0.39, 0.29) is 29.2 Å². The van der Waals surface area contributed by atoms with Gasteiger partial charge in [-0.05, 0) is 59.0 Å². The summed E-state index contributed by atoms with van der Waals surface area (Å²) in [6, 6.07) is 0. The zero-order valence-corrected chi connectivity index (χ0v) is 15.6. The van der Waals surface area contributed by atoms with Crippen LogP contribution in [0.2, 0.25) is 0 Å². The summed E-state index contributed by atoms with van der Waals surface area (Å²) in [5.74, 6) is 0.149. The molecule has 4 heterocycles. The van der Waals surface area contributed by atoms with Crippen LogP contribution in [0.5, 0.6) is 0 Å². The van der Waals surface area contributed by atoms with Crippen LogP contribution >= 0.6 is 0 Å². The molecule has 0 amide bonds. The van der Waals surface area contributed by atoms with Gasteiger partial charge in [0, 0.05) is 18.8 Å². The number of hydrogen-bond donors (Lipinski definition) is 0. The van der Waals surface area contributed by atoms with Crippen molar-refractivity contribution < 1.29 is 19.0 Å². The Morgan fingerprint density at radius 2 is 1.88 bits per heavy atom. The van der Waals surface area contributed by atoms with Gasteiger partial charge in [-0.1, -0.05) is 12.5 Å². The van der Waals surface area contributed by atoms with Crippen LogP contribution in [0.4, 0.5) is 0 Å². The molecule has 4 fully saturated rings. The van der Waals surface area contributed by atoms with E-state index in [1.54, 1.807) is 0 Å². The van der Waals surface area contributed by atoms with E-state index in [1.807, 2.05) is 13.8 Å². The highest BCUT2D eigenvalue weighted by Crippen LogP contribution is 2.54. The van der Waals surface area contributed by atoms with Crippen molar-refractivity contribution in [2.75, 3.05) is 0 Å². The molecule has 0 N–H and O–H groups in total. The van der Waals surface area contributed by atoms with Crippen molar-refractivity contribution in [3.8, 4) is 0 Å². The van der Waals surface area contributed by atoms with Crippen LogP contribution in [0.3, 0.4) is 0 Å². The molecule has 4 nitrogen and oxygen atoms in total. The molecule has 0 radical (unpaired) electrons. The minimum Gasteiger partial charge on any atom is -0.358 e. The molecule has 4 rings (SSSR count). The Morgan fingerprint density at radius 3 is 2.58 bits per heavy atom. The number of ether oxygens (including phenoxy) is 3. The molecule has 1 spiro atoms. The molecule has 6 atom stereocenters. The maximum atomic E-state index is 13.0. The van der Waals surface area contributed by atoms with Gasteiger partial charge in [-0.2, -0.15) is 0 Å². The molecule has 0 aromatic rings. The summed E-state index contributed by atoms with van der Waals surface area (Å²) in [5.41, 5.74) is 1.49. The van der Waals surface area contributed by atoms with Crippen molar-refractivity contribution in [3.63, 3.8) is 0 Å². The highest BCUT2D eigenvalue weighted by molar-refractivity contribution is 6.01. The highest BCUT2D eigenvalue weighted by Gasteiger charge is 2.62. The van der Waals surface area contributed by atoms with Crippen molar-refractivity contribution in [2.45, 2.75) is 102 Å². The van der Waals surface area contributed by atoms with Crippen LogP contribution in [-0.2, 0) is 19.0 Å². The Labute approximate surface area is 144 Å². The SMILES string of the molecule is CC(C)=C1CC[C@@]2(C)CC[C@@]3(O[C@@H](C[C@@H]3C)C[C@@]3(C)O[C@@H]3C1=O)O2. The Hall–Kier alpha value is -0.710. The maximum absolute atomic E-state index is 13.0. The van der Waals surface area contributed by atoms with Gasteiger partial charge in [0.2, 0.25) is 0 Å². The number of epoxide rings is 1. The summed E-state index contributed by atoms with van der Waals surface area (Å²) in [5, 5.41) is 0. The third-order valence-corrected chi connectivity index (χ3v) is 6.72. The molecule has 4 aliphatic heterocycles. The number of allylic oxidation sites excluding steroid dienone is 1. The van der Waals surface area contributed by atoms with Crippen LogP contribution in [0, 0.1) is 5.92 Å². The standard InChI is InChI=1S/C20H30O4/c1-12(2)15-6-7-18(4)8-9-20(24-18)13(3)10-14(22-20)11-19(5)17(23-19)16(15)21/h13-14,17H,6-11H2,1-5H3/t13-,14-,17+,18-,19+,20+/m0/s1. The van der Waals surface area contributed by atoms with Gasteiger partial charge in [-0.25, -0.2) is 0 Å². The van der Waals surface area contributed by atoms with E-state index in [9.17, 15) is 4.79 Å². The lowest BCUT2D eigenvalue weighted by Gasteiger charge is -2.33. The average Bonchev–Trinajstić information content (AvgIpc) is 2.87. The average molecular weight is 334 g/mol. The first-order valence-corrected chi connectivity index (χ1v) is 9.43. The molecule has 4 aliphatic rings. The summed E-state index contributed by atoms with van der Waals surface area (Å²) in [6.45, 7) is 10.6. The van der Waals surface area contributed by atoms with Crippen molar-refractivity contribution >= 4 is 5.78 Å². The first-order chi connectivity index (χ1) is 11.2. The highest BCUT2D eigenvalue weighted by atomic mass is 16.7. The Balaban J connectivity index is 1.68. The predicted molar refractivity (Wildman–Crippen MR) is 90.6 cm³/mol. The van der Waals surface area contributed by atoms with Crippen molar-refractivity contribution in [1.82, 2.24) is 0 Å². The smallest absolute Gasteiger partial charge is 0.190 e. The Bertz CT molecular complexity index is 607.